The number of nitrogens with one attached hydrogen (secondary N) is 1. The van der Waals surface area contributed by atoms with Crippen molar-refractivity contribution in [3.05, 3.63) is 101 Å². The molecule has 6 heteroatoms. The molecule has 3 aromatic rings. The number of sulfonamides is 1. The molecule has 0 aromatic heterocycles. The maximum Gasteiger partial charge on any atom is 0.241 e. The lowest BCUT2D eigenvalue weighted by atomic mass is 9.97. The second-order valence-electron chi connectivity index (χ2n) is 7.88. The van der Waals surface area contributed by atoms with Gasteiger partial charge in [-0.15, -0.1) is 0 Å². The third kappa shape index (κ3) is 5.73. The van der Waals surface area contributed by atoms with Crippen LogP contribution in [0, 0.1) is 20.8 Å². The number of anilines is 1. The van der Waals surface area contributed by atoms with Crippen molar-refractivity contribution in [2.75, 3.05) is 17.1 Å². The first-order chi connectivity index (χ1) is 14.6. The summed E-state index contributed by atoms with van der Waals surface area (Å²) >= 11 is 0. The molecule has 0 aliphatic carbocycles. The number of carbonyl (C=O) groups excluding carboxylic acids is 1. The molecule has 0 bridgehead atoms. The number of amides is 1. The average molecular weight is 437 g/mol. The second-order valence-corrected chi connectivity index (χ2v) is 9.79. The predicted molar refractivity (Wildman–Crippen MR) is 126 cm³/mol. The van der Waals surface area contributed by atoms with Gasteiger partial charge in [-0.25, -0.2) is 8.42 Å². The van der Waals surface area contributed by atoms with E-state index < -0.39 is 10.0 Å². The molecule has 3 aromatic carbocycles. The number of hydrogen-bond acceptors (Lipinski definition) is 3. The van der Waals surface area contributed by atoms with E-state index in [1.807, 2.05) is 87.5 Å². The van der Waals surface area contributed by atoms with Crippen LogP contribution in [0.2, 0.25) is 0 Å². The number of carbonyl (C=O) groups is 1. The van der Waals surface area contributed by atoms with Crippen LogP contribution in [0.5, 0.6) is 0 Å². The summed E-state index contributed by atoms with van der Waals surface area (Å²) in [4.78, 5) is 13.1. The molecule has 31 heavy (non-hydrogen) atoms. The number of aryl methyl sites for hydroxylation is 3. The molecule has 0 fully saturated rings. The smallest absolute Gasteiger partial charge is 0.241 e. The number of benzene rings is 3. The van der Waals surface area contributed by atoms with Gasteiger partial charge in [-0.1, -0.05) is 77.9 Å². The molecule has 162 valence electrons. The molecule has 0 heterocycles. The SMILES string of the molecule is Cc1cccc(C(NC(=O)CN(c2ccc(C)cc2C)S(C)(=O)=O)c2ccccc2)c1. The fraction of sp³-hybridized carbons (Fsp3) is 0.240. The molecular weight excluding hydrogens is 408 g/mol. The number of nitrogens with zero attached hydrogens (tertiary/aromatic N) is 1. The molecule has 0 spiro atoms. The van der Waals surface area contributed by atoms with Crippen LogP contribution in [-0.2, 0) is 14.8 Å². The highest BCUT2D eigenvalue weighted by atomic mass is 32.2. The van der Waals surface area contributed by atoms with E-state index >= 15 is 0 Å². The summed E-state index contributed by atoms with van der Waals surface area (Å²) in [5.74, 6) is -0.374. The van der Waals surface area contributed by atoms with Crippen LogP contribution >= 0.6 is 0 Å². The van der Waals surface area contributed by atoms with Crippen LogP contribution in [0.15, 0.2) is 72.8 Å². The van der Waals surface area contributed by atoms with Gasteiger partial charge in [0.15, 0.2) is 0 Å². The third-order valence-electron chi connectivity index (χ3n) is 5.12. The zero-order valence-electron chi connectivity index (χ0n) is 18.3. The minimum Gasteiger partial charge on any atom is -0.344 e. The van der Waals surface area contributed by atoms with Crippen LogP contribution in [-0.4, -0.2) is 27.1 Å². The van der Waals surface area contributed by atoms with Gasteiger partial charge in [0, 0.05) is 0 Å². The van der Waals surface area contributed by atoms with Crippen LogP contribution in [0.1, 0.15) is 33.9 Å². The Labute approximate surface area is 184 Å². The minimum atomic E-state index is -3.65. The molecule has 0 aliphatic rings. The quantitative estimate of drug-likeness (QED) is 0.601. The zero-order chi connectivity index (χ0) is 22.6. The van der Waals surface area contributed by atoms with E-state index in [1.54, 1.807) is 6.07 Å². The highest BCUT2D eigenvalue weighted by Crippen LogP contribution is 2.25. The van der Waals surface area contributed by atoms with Crippen LogP contribution in [0.25, 0.3) is 0 Å². The summed E-state index contributed by atoms with van der Waals surface area (Å²) in [6.07, 6.45) is 1.12. The van der Waals surface area contributed by atoms with E-state index in [-0.39, 0.29) is 18.5 Å². The van der Waals surface area contributed by atoms with Crippen molar-refractivity contribution in [3.8, 4) is 0 Å². The monoisotopic (exact) mass is 436 g/mol. The highest BCUT2D eigenvalue weighted by molar-refractivity contribution is 7.92. The fourth-order valence-electron chi connectivity index (χ4n) is 3.66. The van der Waals surface area contributed by atoms with Gasteiger partial charge in [0.2, 0.25) is 15.9 Å². The van der Waals surface area contributed by atoms with Gasteiger partial charge in [-0.05, 0) is 43.5 Å². The summed E-state index contributed by atoms with van der Waals surface area (Å²) in [5, 5.41) is 3.03. The van der Waals surface area contributed by atoms with Crippen LogP contribution in [0.3, 0.4) is 0 Å². The van der Waals surface area contributed by atoms with Crippen molar-refractivity contribution in [2.45, 2.75) is 26.8 Å². The highest BCUT2D eigenvalue weighted by Gasteiger charge is 2.24. The van der Waals surface area contributed by atoms with Crippen molar-refractivity contribution in [2.24, 2.45) is 0 Å². The molecule has 1 N–H and O–H groups in total. The van der Waals surface area contributed by atoms with Crippen LogP contribution < -0.4 is 9.62 Å². The Morgan fingerprint density at radius 1 is 0.871 bits per heavy atom. The van der Waals surface area contributed by atoms with Gasteiger partial charge in [0.25, 0.3) is 0 Å². The van der Waals surface area contributed by atoms with E-state index in [9.17, 15) is 13.2 Å². The molecule has 3 rings (SSSR count). The van der Waals surface area contributed by atoms with Crippen molar-refractivity contribution in [3.63, 3.8) is 0 Å². The van der Waals surface area contributed by atoms with E-state index in [0.717, 1.165) is 38.4 Å². The van der Waals surface area contributed by atoms with E-state index in [4.69, 9.17) is 0 Å². The first-order valence-corrected chi connectivity index (χ1v) is 12.0. The molecule has 1 amide bonds. The van der Waals surface area contributed by atoms with Gasteiger partial charge < -0.3 is 5.32 Å². The molecular formula is C25H28N2O3S. The molecule has 0 aliphatic heterocycles. The Hall–Kier alpha value is -3.12. The topological polar surface area (TPSA) is 66.5 Å². The van der Waals surface area contributed by atoms with Gasteiger partial charge >= 0.3 is 0 Å². The fourth-order valence-corrected chi connectivity index (χ4v) is 4.57. The van der Waals surface area contributed by atoms with Crippen molar-refractivity contribution in [1.82, 2.24) is 5.32 Å². The number of rotatable bonds is 7. The van der Waals surface area contributed by atoms with Gasteiger partial charge in [0.05, 0.1) is 18.0 Å². The summed E-state index contributed by atoms with van der Waals surface area (Å²) in [7, 11) is -3.65. The van der Waals surface area contributed by atoms with E-state index in [1.165, 1.54) is 0 Å². The maximum absolute atomic E-state index is 13.1. The molecule has 0 saturated heterocycles. The summed E-state index contributed by atoms with van der Waals surface area (Å²) in [6, 6.07) is 22.7. The lowest BCUT2D eigenvalue weighted by molar-refractivity contribution is -0.120. The third-order valence-corrected chi connectivity index (χ3v) is 6.25. The largest absolute Gasteiger partial charge is 0.344 e. The Morgan fingerprint density at radius 2 is 1.52 bits per heavy atom. The standard InChI is InChI=1S/C25H28N2O3S/c1-18-9-8-12-22(16-18)25(21-10-6-5-7-11-21)26-24(28)17-27(31(4,29)30)23-14-13-19(2)15-20(23)3/h5-16,25H,17H2,1-4H3,(H,26,28). The van der Waals surface area contributed by atoms with Gasteiger partial charge in [-0.2, -0.15) is 0 Å². The predicted octanol–water partition coefficient (Wildman–Crippen LogP) is 4.28. The summed E-state index contributed by atoms with van der Waals surface area (Å²) < 4.78 is 26.2. The Morgan fingerprint density at radius 3 is 2.13 bits per heavy atom. The first-order valence-electron chi connectivity index (χ1n) is 10.1. The van der Waals surface area contributed by atoms with Gasteiger partial charge in [-0.3, -0.25) is 9.10 Å². The normalized spacial score (nSPS) is 12.3. The maximum atomic E-state index is 13.1. The lowest BCUT2D eigenvalue weighted by Crippen LogP contribution is -2.42. The molecule has 0 saturated carbocycles. The van der Waals surface area contributed by atoms with E-state index in [2.05, 4.69) is 5.32 Å². The minimum absolute atomic E-state index is 0.294. The van der Waals surface area contributed by atoms with E-state index in [0.29, 0.717) is 5.69 Å². The van der Waals surface area contributed by atoms with Crippen molar-refractivity contribution in [1.29, 1.82) is 0 Å². The first kappa shape index (κ1) is 22.6. The van der Waals surface area contributed by atoms with Crippen molar-refractivity contribution < 1.29 is 13.2 Å². The Kier molecular flexibility index (Phi) is 6.81. The molecule has 0 radical (unpaired) electrons. The lowest BCUT2D eigenvalue weighted by Gasteiger charge is -2.26. The Balaban J connectivity index is 1.91. The Bertz CT molecular complexity index is 1170. The molecule has 5 nitrogen and oxygen atoms in total. The number of hydrogen-bond donors (Lipinski definition) is 1. The van der Waals surface area contributed by atoms with Crippen molar-refractivity contribution >= 4 is 21.6 Å². The zero-order valence-corrected chi connectivity index (χ0v) is 19.1. The molecule has 1 unspecified atom stereocenters. The average Bonchev–Trinajstić information content (AvgIpc) is 2.71. The summed E-state index contributed by atoms with van der Waals surface area (Å²) in [6.45, 7) is 5.50. The summed E-state index contributed by atoms with van der Waals surface area (Å²) in [5.41, 5.74) is 5.30. The van der Waals surface area contributed by atoms with Gasteiger partial charge in [0.1, 0.15) is 6.54 Å². The second kappa shape index (κ2) is 9.35. The van der Waals surface area contributed by atoms with Crippen LogP contribution in [0.4, 0.5) is 5.69 Å². The molecule has 1 atom stereocenters.